The van der Waals surface area contributed by atoms with Crippen molar-refractivity contribution in [3.8, 4) is 0 Å². The fourth-order valence-corrected chi connectivity index (χ4v) is 3.84. The molecule has 0 spiro atoms. The molecule has 2 aliphatic rings. The van der Waals surface area contributed by atoms with Crippen LogP contribution in [0.25, 0.3) is 11.2 Å². The van der Waals surface area contributed by atoms with Crippen LogP contribution in [0.1, 0.15) is 20.8 Å². The molecule has 4 rings (SSSR count). The summed E-state index contributed by atoms with van der Waals surface area (Å²) in [5.41, 5.74) is 0.806. The first-order valence-electron chi connectivity index (χ1n) is 10.6. The van der Waals surface area contributed by atoms with Crippen molar-refractivity contribution in [2.75, 3.05) is 63.9 Å². The van der Waals surface area contributed by atoms with Crippen molar-refractivity contribution in [2.45, 2.75) is 32.9 Å². The zero-order valence-electron chi connectivity index (χ0n) is 18.3. The molecule has 0 aromatic carbocycles. The molecule has 0 unspecified atom stereocenters. The first-order valence-corrected chi connectivity index (χ1v) is 11.0. The number of morpholine rings is 1. The van der Waals surface area contributed by atoms with Gasteiger partial charge in [-0.2, -0.15) is 9.97 Å². The number of carbonyl (C=O) groups excluding carboxylic acids is 1. The van der Waals surface area contributed by atoms with Crippen molar-refractivity contribution in [3.05, 3.63) is 5.28 Å². The van der Waals surface area contributed by atoms with Gasteiger partial charge in [-0.25, -0.2) is 9.48 Å². The Labute approximate surface area is 186 Å². The third kappa shape index (κ3) is 5.34. The molecule has 0 aliphatic carbocycles. The van der Waals surface area contributed by atoms with Gasteiger partial charge in [0.25, 0.3) is 0 Å². The van der Waals surface area contributed by atoms with E-state index in [0.29, 0.717) is 49.8 Å². The third-order valence-corrected chi connectivity index (χ3v) is 5.45. The first kappa shape index (κ1) is 22.0. The van der Waals surface area contributed by atoms with Crippen LogP contribution in [-0.4, -0.2) is 105 Å². The number of aromatic nitrogens is 5. The maximum Gasteiger partial charge on any atom is 0.410 e. The number of piperazine rings is 1. The molecule has 0 N–H and O–H groups in total. The van der Waals surface area contributed by atoms with Crippen LogP contribution < -0.4 is 4.90 Å². The second-order valence-electron chi connectivity index (χ2n) is 8.71. The standard InChI is InChI=1S/C19H29ClN8O3/c1-19(2,3)31-18(29)27-7-4-25(5-8-27)6-9-28-16-14(23-24-28)15(21-17(20)22-16)26-10-12-30-13-11-26/h4-13H2,1-3H3. The predicted molar refractivity (Wildman–Crippen MR) is 115 cm³/mol. The normalized spacial score (nSPS) is 18.6. The van der Waals surface area contributed by atoms with Crippen molar-refractivity contribution in [3.63, 3.8) is 0 Å². The zero-order valence-corrected chi connectivity index (χ0v) is 19.0. The number of hydrogen-bond acceptors (Lipinski definition) is 9. The van der Waals surface area contributed by atoms with Gasteiger partial charge >= 0.3 is 6.09 Å². The highest BCUT2D eigenvalue weighted by Gasteiger charge is 2.26. The Kier molecular flexibility index (Phi) is 6.44. The summed E-state index contributed by atoms with van der Waals surface area (Å²) < 4.78 is 12.7. The molecule has 0 atom stereocenters. The van der Waals surface area contributed by atoms with Gasteiger partial charge in [0.05, 0.1) is 19.8 Å². The lowest BCUT2D eigenvalue weighted by molar-refractivity contribution is 0.0142. The van der Waals surface area contributed by atoms with Crippen LogP contribution in [0.4, 0.5) is 10.6 Å². The minimum atomic E-state index is -0.481. The Morgan fingerprint density at radius 1 is 1.06 bits per heavy atom. The molecule has 0 saturated carbocycles. The van der Waals surface area contributed by atoms with Crippen molar-refractivity contribution < 1.29 is 14.3 Å². The summed E-state index contributed by atoms with van der Waals surface area (Å²) in [5.74, 6) is 0.704. The van der Waals surface area contributed by atoms with Crippen LogP contribution in [0.3, 0.4) is 0 Å². The van der Waals surface area contributed by atoms with Gasteiger partial charge in [0.15, 0.2) is 17.0 Å². The molecular formula is C19H29ClN8O3. The Balaban J connectivity index is 1.37. The summed E-state index contributed by atoms with van der Waals surface area (Å²) >= 11 is 6.20. The quantitative estimate of drug-likeness (QED) is 0.634. The number of halogens is 1. The van der Waals surface area contributed by atoms with E-state index in [-0.39, 0.29) is 11.4 Å². The third-order valence-electron chi connectivity index (χ3n) is 5.28. The van der Waals surface area contributed by atoms with Crippen LogP contribution in [-0.2, 0) is 16.0 Å². The molecule has 2 aromatic rings. The highest BCUT2D eigenvalue weighted by atomic mass is 35.5. The van der Waals surface area contributed by atoms with E-state index in [1.54, 1.807) is 9.58 Å². The molecule has 4 heterocycles. The summed E-state index contributed by atoms with van der Waals surface area (Å²) in [5, 5.41) is 8.81. The van der Waals surface area contributed by atoms with E-state index in [0.717, 1.165) is 32.7 Å². The van der Waals surface area contributed by atoms with Crippen molar-refractivity contribution in [2.24, 2.45) is 0 Å². The smallest absolute Gasteiger partial charge is 0.410 e. The average molecular weight is 453 g/mol. The fourth-order valence-electron chi connectivity index (χ4n) is 3.68. The largest absolute Gasteiger partial charge is 0.444 e. The molecule has 12 heteroatoms. The molecule has 0 radical (unpaired) electrons. The summed E-state index contributed by atoms with van der Waals surface area (Å²) in [7, 11) is 0. The van der Waals surface area contributed by atoms with Gasteiger partial charge in [0.1, 0.15) is 5.60 Å². The maximum absolute atomic E-state index is 12.2. The van der Waals surface area contributed by atoms with Gasteiger partial charge in [0.2, 0.25) is 5.28 Å². The van der Waals surface area contributed by atoms with E-state index in [1.165, 1.54) is 0 Å². The van der Waals surface area contributed by atoms with Crippen LogP contribution in [0.2, 0.25) is 5.28 Å². The molecule has 2 fully saturated rings. The SMILES string of the molecule is CC(C)(C)OC(=O)N1CCN(CCn2nnc3c(N4CCOCC4)nc(Cl)nc32)CC1. The van der Waals surface area contributed by atoms with Gasteiger partial charge in [0, 0.05) is 45.8 Å². The summed E-state index contributed by atoms with van der Waals surface area (Å²) in [4.78, 5) is 27.1. The Bertz CT molecular complexity index is 917. The van der Waals surface area contributed by atoms with Gasteiger partial charge in [-0.15, -0.1) is 5.10 Å². The Hall–Kier alpha value is -2.24. The minimum absolute atomic E-state index is 0.184. The van der Waals surface area contributed by atoms with E-state index in [1.807, 2.05) is 20.8 Å². The molecule has 31 heavy (non-hydrogen) atoms. The summed E-state index contributed by atoms with van der Waals surface area (Å²) in [6.07, 6.45) is -0.253. The van der Waals surface area contributed by atoms with Crippen LogP contribution in [0, 0.1) is 0 Å². The van der Waals surface area contributed by atoms with Gasteiger partial charge < -0.3 is 19.3 Å². The van der Waals surface area contributed by atoms with Crippen molar-refractivity contribution in [1.29, 1.82) is 0 Å². The maximum atomic E-state index is 12.2. The van der Waals surface area contributed by atoms with Crippen LogP contribution in [0.15, 0.2) is 0 Å². The number of carbonyl (C=O) groups is 1. The molecule has 2 aliphatic heterocycles. The molecule has 2 saturated heterocycles. The monoisotopic (exact) mass is 452 g/mol. The first-order chi connectivity index (χ1) is 14.8. The number of hydrogen-bond donors (Lipinski definition) is 0. The highest BCUT2D eigenvalue weighted by Crippen LogP contribution is 2.24. The topological polar surface area (TPSA) is 102 Å². The molecule has 170 valence electrons. The second-order valence-corrected chi connectivity index (χ2v) is 9.05. The van der Waals surface area contributed by atoms with E-state index in [2.05, 4.69) is 30.1 Å². The average Bonchev–Trinajstić information content (AvgIpc) is 3.14. The van der Waals surface area contributed by atoms with E-state index >= 15 is 0 Å². The second kappa shape index (κ2) is 9.09. The number of fused-ring (bicyclic) bond motifs is 1. The Morgan fingerprint density at radius 3 is 2.45 bits per heavy atom. The lowest BCUT2D eigenvalue weighted by Crippen LogP contribution is -2.50. The zero-order chi connectivity index (χ0) is 22.0. The molecule has 0 bridgehead atoms. The van der Waals surface area contributed by atoms with Gasteiger partial charge in [-0.05, 0) is 32.4 Å². The molecule has 11 nitrogen and oxygen atoms in total. The van der Waals surface area contributed by atoms with E-state index in [9.17, 15) is 4.79 Å². The van der Waals surface area contributed by atoms with Crippen molar-refractivity contribution >= 4 is 34.7 Å². The molecular weight excluding hydrogens is 424 g/mol. The van der Waals surface area contributed by atoms with Gasteiger partial charge in [-0.3, -0.25) is 4.90 Å². The number of amides is 1. The number of anilines is 1. The predicted octanol–water partition coefficient (Wildman–Crippen LogP) is 1.26. The summed E-state index contributed by atoms with van der Waals surface area (Å²) in [6.45, 7) is 12.6. The lowest BCUT2D eigenvalue weighted by atomic mass is 10.2. The summed E-state index contributed by atoms with van der Waals surface area (Å²) in [6, 6.07) is 0. The van der Waals surface area contributed by atoms with E-state index in [4.69, 9.17) is 21.1 Å². The van der Waals surface area contributed by atoms with Gasteiger partial charge in [-0.1, -0.05) is 5.21 Å². The Morgan fingerprint density at radius 2 is 1.77 bits per heavy atom. The molecule has 1 amide bonds. The molecule has 2 aromatic heterocycles. The van der Waals surface area contributed by atoms with E-state index < -0.39 is 5.60 Å². The van der Waals surface area contributed by atoms with Crippen LogP contribution in [0.5, 0.6) is 0 Å². The number of rotatable bonds is 4. The van der Waals surface area contributed by atoms with Crippen molar-refractivity contribution in [1.82, 2.24) is 34.8 Å². The lowest BCUT2D eigenvalue weighted by Gasteiger charge is -2.35. The fraction of sp³-hybridized carbons (Fsp3) is 0.737. The highest BCUT2D eigenvalue weighted by molar-refractivity contribution is 6.28. The number of ether oxygens (including phenoxy) is 2. The van der Waals surface area contributed by atoms with Crippen LogP contribution >= 0.6 is 11.6 Å². The number of nitrogens with zero attached hydrogens (tertiary/aromatic N) is 8. The minimum Gasteiger partial charge on any atom is -0.444 e.